The number of para-hydroxylation sites is 1. The molecule has 1 heterocycles. The Morgan fingerprint density at radius 3 is 2.51 bits per heavy atom. The van der Waals surface area contributed by atoms with Crippen LogP contribution in [0.4, 0.5) is 11.4 Å². The van der Waals surface area contributed by atoms with Crippen molar-refractivity contribution in [1.82, 2.24) is 4.31 Å². The van der Waals surface area contributed by atoms with Gasteiger partial charge in [0.25, 0.3) is 0 Å². The van der Waals surface area contributed by atoms with Crippen LogP contribution in [0.25, 0.3) is 0 Å². The molecule has 2 aliphatic rings. The highest BCUT2D eigenvalue weighted by Gasteiger charge is 2.51. The molecule has 0 spiro atoms. The third-order valence-electron chi connectivity index (χ3n) is 6.95. The number of carbonyl (C=O) groups is 1. The fourth-order valence-electron chi connectivity index (χ4n) is 4.46. The average Bonchev–Trinajstić information content (AvgIpc) is 3.65. The van der Waals surface area contributed by atoms with E-state index in [0.717, 1.165) is 35.6 Å². The summed E-state index contributed by atoms with van der Waals surface area (Å²) in [5.41, 5.74) is 0.701. The van der Waals surface area contributed by atoms with E-state index in [9.17, 15) is 18.3 Å². The lowest BCUT2D eigenvalue weighted by molar-refractivity contribution is -0.144. The van der Waals surface area contributed by atoms with Gasteiger partial charge in [0.1, 0.15) is 22.7 Å². The smallest absolute Gasteiger partial charge is 0.313 e. The van der Waals surface area contributed by atoms with E-state index < -0.39 is 21.4 Å². The van der Waals surface area contributed by atoms with Crippen LogP contribution in [0.5, 0.6) is 5.75 Å². The van der Waals surface area contributed by atoms with E-state index in [4.69, 9.17) is 4.74 Å². The highest BCUT2D eigenvalue weighted by molar-refractivity contribution is 7.99. The van der Waals surface area contributed by atoms with Crippen LogP contribution in [0.1, 0.15) is 46.0 Å². The highest BCUT2D eigenvalue weighted by atomic mass is 32.2. The minimum atomic E-state index is -3.80. The first kappa shape index (κ1) is 25.9. The Morgan fingerprint density at radius 2 is 1.91 bits per heavy atom. The summed E-state index contributed by atoms with van der Waals surface area (Å²) in [5, 5.41) is 9.57. The van der Waals surface area contributed by atoms with Crippen LogP contribution in [0.3, 0.4) is 0 Å². The summed E-state index contributed by atoms with van der Waals surface area (Å²) in [4.78, 5) is 14.8. The molecule has 1 fully saturated rings. The normalized spacial score (nSPS) is 20.7. The van der Waals surface area contributed by atoms with Crippen LogP contribution < -0.4 is 9.64 Å². The van der Waals surface area contributed by atoms with Crippen molar-refractivity contribution in [2.24, 2.45) is 5.41 Å². The van der Waals surface area contributed by atoms with E-state index in [1.165, 1.54) is 4.31 Å². The lowest BCUT2D eigenvalue weighted by Gasteiger charge is -2.29. The summed E-state index contributed by atoms with van der Waals surface area (Å²) in [6, 6.07) is 13.2. The second kappa shape index (κ2) is 10.4. The van der Waals surface area contributed by atoms with Crippen LogP contribution in [0.2, 0.25) is 0 Å². The zero-order valence-corrected chi connectivity index (χ0v) is 22.2. The summed E-state index contributed by atoms with van der Waals surface area (Å²) in [6.45, 7) is 4.72. The number of aliphatic carboxylic acids is 1. The first-order valence-electron chi connectivity index (χ1n) is 12.2. The van der Waals surface area contributed by atoms with E-state index in [0.29, 0.717) is 30.8 Å². The lowest BCUT2D eigenvalue weighted by atomic mass is 10.1. The number of rotatable bonds is 10. The Bertz CT molecular complexity index is 1170. The molecule has 0 radical (unpaired) electrons. The Kier molecular flexibility index (Phi) is 7.68. The highest BCUT2D eigenvalue weighted by Crippen LogP contribution is 2.48. The van der Waals surface area contributed by atoms with Crippen LogP contribution >= 0.6 is 11.8 Å². The zero-order valence-electron chi connectivity index (χ0n) is 20.6. The maximum absolute atomic E-state index is 13.9. The van der Waals surface area contributed by atoms with Gasteiger partial charge >= 0.3 is 5.97 Å². The molecule has 0 bridgehead atoms. The molecule has 7 nitrogen and oxygen atoms in total. The number of fused-ring (bicyclic) bond motifs is 1. The molecule has 1 atom stereocenters. The number of unbranched alkanes of at least 4 members (excludes halogenated alkanes) is 1. The molecule has 190 valence electrons. The van der Waals surface area contributed by atoms with Gasteiger partial charge in [-0.2, -0.15) is 4.31 Å². The van der Waals surface area contributed by atoms with Crippen molar-refractivity contribution >= 4 is 39.1 Å². The minimum Gasteiger partial charge on any atom is -0.491 e. The first-order valence-corrected chi connectivity index (χ1v) is 14.6. The molecule has 2 aromatic rings. The summed E-state index contributed by atoms with van der Waals surface area (Å²) in [5.74, 6) is 0.342. The number of likely N-dealkylation sites (N-methyl/N-ethyl adjacent to an activating group) is 1. The molecule has 1 N–H and O–H groups in total. The second-order valence-electron chi connectivity index (χ2n) is 9.34. The average molecular weight is 519 g/mol. The van der Waals surface area contributed by atoms with Crippen LogP contribution in [0.15, 0.2) is 52.3 Å². The van der Waals surface area contributed by atoms with Crippen molar-refractivity contribution in [1.29, 1.82) is 0 Å². The molecular formula is C26H34N2O5S2. The summed E-state index contributed by atoms with van der Waals surface area (Å²) < 4.78 is 35.3. The molecule has 1 aliphatic carbocycles. The van der Waals surface area contributed by atoms with Gasteiger partial charge in [-0.3, -0.25) is 4.79 Å². The number of carboxylic acids is 1. The van der Waals surface area contributed by atoms with Crippen molar-refractivity contribution in [3.63, 3.8) is 0 Å². The molecule has 0 saturated heterocycles. The van der Waals surface area contributed by atoms with Crippen molar-refractivity contribution in [2.75, 3.05) is 30.9 Å². The van der Waals surface area contributed by atoms with Crippen LogP contribution in [0, 0.1) is 5.41 Å². The number of nitrogens with zero attached hydrogens (tertiary/aromatic N) is 2. The molecular weight excluding hydrogens is 484 g/mol. The van der Waals surface area contributed by atoms with Gasteiger partial charge in [-0.25, -0.2) is 8.42 Å². The number of carboxylic acid groups (broad SMARTS) is 1. The van der Waals surface area contributed by atoms with E-state index in [1.54, 1.807) is 24.9 Å². The van der Waals surface area contributed by atoms with Gasteiger partial charge in [0.05, 0.1) is 10.6 Å². The number of sulfonamides is 1. The molecule has 0 amide bonds. The summed E-state index contributed by atoms with van der Waals surface area (Å²) in [6.07, 6.45) is 3.84. The zero-order chi connectivity index (χ0) is 25.2. The van der Waals surface area contributed by atoms with E-state index in [2.05, 4.69) is 11.8 Å². The molecule has 4 rings (SSSR count). The Balaban J connectivity index is 1.83. The van der Waals surface area contributed by atoms with Crippen molar-refractivity contribution in [3.05, 3.63) is 42.5 Å². The van der Waals surface area contributed by atoms with Gasteiger partial charge in [-0.05, 0) is 43.2 Å². The Morgan fingerprint density at radius 1 is 1.20 bits per heavy atom. The first-order chi connectivity index (χ1) is 16.7. The SMILES string of the molecule is CCCC[C@@H]1CN(c2ccccc2)c2cc(SCC)c(OCC3(C(=O)O)CC3)cc2S(=O)(=O)N1C. The Labute approximate surface area is 212 Å². The van der Waals surface area contributed by atoms with Crippen molar-refractivity contribution < 1.29 is 23.1 Å². The van der Waals surface area contributed by atoms with E-state index >= 15 is 0 Å². The number of hydrogen-bond acceptors (Lipinski definition) is 6. The minimum absolute atomic E-state index is 0.0375. The molecule has 0 aromatic heterocycles. The summed E-state index contributed by atoms with van der Waals surface area (Å²) >= 11 is 1.57. The van der Waals surface area contributed by atoms with Gasteiger partial charge in [-0.15, -0.1) is 11.8 Å². The third kappa shape index (κ3) is 5.17. The van der Waals surface area contributed by atoms with Gasteiger partial charge < -0.3 is 14.7 Å². The van der Waals surface area contributed by atoms with Gasteiger partial charge in [0.15, 0.2) is 0 Å². The van der Waals surface area contributed by atoms with Crippen molar-refractivity contribution in [2.45, 2.75) is 61.8 Å². The molecule has 2 aromatic carbocycles. The monoisotopic (exact) mass is 518 g/mol. The predicted molar refractivity (Wildman–Crippen MR) is 139 cm³/mol. The fourth-order valence-corrected chi connectivity index (χ4v) is 6.79. The standard InChI is InChI=1S/C26H34N2O5S2/c1-4-6-10-20-17-28(19-11-8-7-9-12-19)21-15-23(34-5-2)22(16-24(21)35(31,32)27(20)3)33-18-26(13-14-26)25(29)30/h7-9,11-12,15-16,20H,4-6,10,13-14,17-18H2,1-3H3,(H,29,30)/t20-/m1/s1. The fraction of sp³-hybridized carbons (Fsp3) is 0.500. The number of thioether (sulfide) groups is 1. The quantitative estimate of drug-likeness (QED) is 0.423. The second-order valence-corrected chi connectivity index (χ2v) is 12.6. The largest absolute Gasteiger partial charge is 0.491 e. The number of anilines is 2. The van der Waals surface area contributed by atoms with Gasteiger partial charge in [-0.1, -0.05) is 44.9 Å². The van der Waals surface area contributed by atoms with E-state index in [-0.39, 0.29) is 17.5 Å². The van der Waals surface area contributed by atoms with Gasteiger partial charge in [0.2, 0.25) is 10.0 Å². The molecule has 1 saturated carbocycles. The molecule has 35 heavy (non-hydrogen) atoms. The Hall–Kier alpha value is -2.23. The van der Waals surface area contributed by atoms with Crippen molar-refractivity contribution in [3.8, 4) is 5.75 Å². The number of benzene rings is 2. The molecule has 1 aliphatic heterocycles. The lowest BCUT2D eigenvalue weighted by Crippen LogP contribution is -2.40. The molecule has 9 heteroatoms. The number of ether oxygens (including phenoxy) is 1. The van der Waals surface area contributed by atoms with Crippen LogP contribution in [-0.2, 0) is 14.8 Å². The summed E-state index contributed by atoms with van der Waals surface area (Å²) in [7, 11) is -2.14. The van der Waals surface area contributed by atoms with Crippen LogP contribution in [-0.4, -0.2) is 55.8 Å². The van der Waals surface area contributed by atoms with Gasteiger partial charge in [0, 0.05) is 31.4 Å². The topological polar surface area (TPSA) is 87.1 Å². The third-order valence-corrected chi connectivity index (χ3v) is 9.81. The maximum Gasteiger partial charge on any atom is 0.313 e. The predicted octanol–water partition coefficient (Wildman–Crippen LogP) is 5.37. The molecule has 0 unspecified atom stereocenters. The van der Waals surface area contributed by atoms with E-state index in [1.807, 2.05) is 43.3 Å². The number of hydrogen-bond donors (Lipinski definition) is 1. The maximum atomic E-state index is 13.9.